The molecule has 0 aliphatic carbocycles. The zero-order valence-electron chi connectivity index (χ0n) is 14.0. The Morgan fingerprint density at radius 3 is 2.44 bits per heavy atom. The average Bonchev–Trinajstić information content (AvgIpc) is 3.16. The second-order valence-electron chi connectivity index (χ2n) is 5.69. The van der Waals surface area contributed by atoms with Crippen molar-refractivity contribution in [1.82, 2.24) is 15.0 Å². The molecule has 2 aromatic carbocycles. The lowest BCUT2D eigenvalue weighted by atomic mass is 9.89. The first-order valence-electron chi connectivity index (χ1n) is 8.03. The highest BCUT2D eigenvalue weighted by molar-refractivity contribution is 9.10. The molecule has 0 amide bonds. The maximum atomic E-state index is 6.08. The minimum absolute atomic E-state index is 0.0687. The van der Waals surface area contributed by atoms with Gasteiger partial charge in [-0.1, -0.05) is 63.6 Å². The Hall–Kier alpha value is -2.02. The van der Waals surface area contributed by atoms with Gasteiger partial charge in [-0.05, 0) is 23.3 Å². The highest BCUT2D eigenvalue weighted by Crippen LogP contribution is 2.36. The smallest absolute Gasteiger partial charge is 0.147 e. The molecular formula is C19H20BrN3O2. The van der Waals surface area contributed by atoms with Crippen LogP contribution in [-0.2, 0) is 16.0 Å². The number of hydrogen-bond acceptors (Lipinski definition) is 4. The third-order valence-electron chi connectivity index (χ3n) is 4.01. The molecule has 0 aliphatic rings. The van der Waals surface area contributed by atoms with E-state index in [9.17, 15) is 0 Å². The molecule has 0 fully saturated rings. The monoisotopic (exact) mass is 401 g/mol. The van der Waals surface area contributed by atoms with E-state index in [4.69, 9.17) is 9.47 Å². The molecular weight excluding hydrogens is 382 g/mol. The Morgan fingerprint density at radius 1 is 1.04 bits per heavy atom. The van der Waals surface area contributed by atoms with E-state index in [0.29, 0.717) is 6.54 Å². The summed E-state index contributed by atoms with van der Waals surface area (Å²) in [4.78, 5) is 0. The Balaban J connectivity index is 1.97. The number of halogens is 1. The van der Waals surface area contributed by atoms with Crippen molar-refractivity contribution in [2.24, 2.45) is 0 Å². The van der Waals surface area contributed by atoms with Gasteiger partial charge in [0.05, 0.1) is 18.8 Å². The molecule has 3 rings (SSSR count). The van der Waals surface area contributed by atoms with Crippen molar-refractivity contribution in [2.75, 3.05) is 13.9 Å². The zero-order valence-corrected chi connectivity index (χ0v) is 15.5. The SMILES string of the molecule is COCO[C@@H](c1ccc(Br)cc1)[C@@H](Cn1ccnn1)c1ccccc1. The molecule has 3 aromatic rings. The van der Waals surface area contributed by atoms with Gasteiger partial charge >= 0.3 is 0 Å². The summed E-state index contributed by atoms with van der Waals surface area (Å²) < 4.78 is 14.1. The summed E-state index contributed by atoms with van der Waals surface area (Å²) in [7, 11) is 1.63. The van der Waals surface area contributed by atoms with Crippen LogP contribution >= 0.6 is 15.9 Å². The van der Waals surface area contributed by atoms with Gasteiger partial charge in [0.2, 0.25) is 0 Å². The first-order chi connectivity index (χ1) is 12.3. The van der Waals surface area contributed by atoms with Crippen molar-refractivity contribution in [3.05, 3.63) is 82.6 Å². The predicted molar refractivity (Wildman–Crippen MR) is 99.0 cm³/mol. The van der Waals surface area contributed by atoms with E-state index in [1.807, 2.05) is 41.2 Å². The standard InChI is InChI=1S/C19H20BrN3O2/c1-24-14-25-19(16-7-9-17(20)10-8-16)18(13-23-12-11-21-22-23)15-5-3-2-4-6-15/h2-12,18-19H,13-14H2,1H3/t18-,19-/m0/s1. The van der Waals surface area contributed by atoms with Gasteiger partial charge in [-0.25, -0.2) is 0 Å². The first-order valence-corrected chi connectivity index (χ1v) is 8.82. The summed E-state index contributed by atoms with van der Waals surface area (Å²) in [5, 5.41) is 8.04. The summed E-state index contributed by atoms with van der Waals surface area (Å²) in [6, 6.07) is 18.5. The number of aromatic nitrogens is 3. The Kier molecular flexibility index (Phi) is 6.33. The van der Waals surface area contributed by atoms with Crippen LogP contribution in [0.25, 0.3) is 0 Å². The summed E-state index contributed by atoms with van der Waals surface area (Å²) in [6.45, 7) is 0.885. The van der Waals surface area contributed by atoms with Gasteiger partial charge in [-0.2, -0.15) is 0 Å². The van der Waals surface area contributed by atoms with Crippen LogP contribution in [0, 0.1) is 0 Å². The molecule has 6 heteroatoms. The molecule has 0 radical (unpaired) electrons. The lowest BCUT2D eigenvalue weighted by Gasteiger charge is -2.28. The lowest BCUT2D eigenvalue weighted by Crippen LogP contribution is -2.21. The fraction of sp³-hybridized carbons (Fsp3) is 0.263. The van der Waals surface area contributed by atoms with Crippen LogP contribution in [0.15, 0.2) is 71.5 Å². The second kappa shape index (κ2) is 8.89. The van der Waals surface area contributed by atoms with Crippen LogP contribution in [0.1, 0.15) is 23.1 Å². The molecule has 130 valence electrons. The number of methoxy groups -OCH3 is 1. The fourth-order valence-corrected chi connectivity index (χ4v) is 3.11. The normalized spacial score (nSPS) is 13.5. The largest absolute Gasteiger partial charge is 0.359 e. The number of nitrogens with zero attached hydrogens (tertiary/aromatic N) is 3. The van der Waals surface area contributed by atoms with Crippen LogP contribution in [0.3, 0.4) is 0 Å². The van der Waals surface area contributed by atoms with Crippen molar-refractivity contribution >= 4 is 15.9 Å². The van der Waals surface area contributed by atoms with Crippen molar-refractivity contribution in [3.63, 3.8) is 0 Å². The lowest BCUT2D eigenvalue weighted by molar-refractivity contribution is -0.0844. The molecule has 0 bridgehead atoms. The molecule has 0 saturated carbocycles. The fourth-order valence-electron chi connectivity index (χ4n) is 2.85. The molecule has 2 atom stereocenters. The molecule has 5 nitrogen and oxygen atoms in total. The van der Waals surface area contributed by atoms with E-state index < -0.39 is 0 Å². The van der Waals surface area contributed by atoms with E-state index in [1.165, 1.54) is 5.56 Å². The van der Waals surface area contributed by atoms with Crippen molar-refractivity contribution in [2.45, 2.75) is 18.6 Å². The van der Waals surface area contributed by atoms with E-state index in [2.05, 4.69) is 50.5 Å². The molecule has 0 N–H and O–H groups in total. The van der Waals surface area contributed by atoms with Gasteiger partial charge < -0.3 is 9.47 Å². The average molecular weight is 402 g/mol. The van der Waals surface area contributed by atoms with Crippen LogP contribution < -0.4 is 0 Å². The highest BCUT2D eigenvalue weighted by Gasteiger charge is 2.26. The summed E-state index contributed by atoms with van der Waals surface area (Å²) in [5.74, 6) is 0.0687. The Labute approximate surface area is 155 Å². The van der Waals surface area contributed by atoms with Crippen molar-refractivity contribution in [1.29, 1.82) is 0 Å². The molecule has 1 heterocycles. The van der Waals surface area contributed by atoms with Crippen molar-refractivity contribution < 1.29 is 9.47 Å². The second-order valence-corrected chi connectivity index (χ2v) is 6.60. The van der Waals surface area contributed by atoms with Crippen LogP contribution in [0.4, 0.5) is 0 Å². The van der Waals surface area contributed by atoms with E-state index in [-0.39, 0.29) is 18.8 Å². The first kappa shape index (κ1) is 17.8. The quantitative estimate of drug-likeness (QED) is 0.531. The van der Waals surface area contributed by atoms with Gasteiger partial charge in [0, 0.05) is 23.7 Å². The maximum absolute atomic E-state index is 6.08. The molecule has 25 heavy (non-hydrogen) atoms. The Morgan fingerprint density at radius 2 is 1.80 bits per heavy atom. The molecule has 1 aromatic heterocycles. The molecule has 0 saturated heterocycles. The van der Waals surface area contributed by atoms with E-state index in [0.717, 1.165) is 10.0 Å². The van der Waals surface area contributed by atoms with Crippen molar-refractivity contribution in [3.8, 4) is 0 Å². The van der Waals surface area contributed by atoms with Gasteiger partial charge in [-0.3, -0.25) is 4.68 Å². The molecule has 0 aliphatic heterocycles. The summed E-state index contributed by atoms with van der Waals surface area (Å²) in [5.41, 5.74) is 2.27. The minimum atomic E-state index is -0.167. The van der Waals surface area contributed by atoms with Crippen LogP contribution in [-0.4, -0.2) is 28.9 Å². The summed E-state index contributed by atoms with van der Waals surface area (Å²) in [6.07, 6.45) is 3.39. The van der Waals surface area contributed by atoms with E-state index >= 15 is 0 Å². The third-order valence-corrected chi connectivity index (χ3v) is 4.54. The molecule has 0 unspecified atom stereocenters. The maximum Gasteiger partial charge on any atom is 0.147 e. The van der Waals surface area contributed by atoms with Gasteiger partial charge in [0.15, 0.2) is 0 Å². The summed E-state index contributed by atoms with van der Waals surface area (Å²) >= 11 is 3.49. The number of benzene rings is 2. The predicted octanol–water partition coefficient (Wildman–Crippen LogP) is 4.19. The van der Waals surface area contributed by atoms with Gasteiger partial charge in [-0.15, -0.1) is 5.10 Å². The molecule has 0 spiro atoms. The Bertz CT molecular complexity index is 748. The zero-order chi connectivity index (χ0) is 17.5. The van der Waals surface area contributed by atoms with Gasteiger partial charge in [0.25, 0.3) is 0 Å². The van der Waals surface area contributed by atoms with E-state index in [1.54, 1.807) is 13.3 Å². The topological polar surface area (TPSA) is 49.2 Å². The number of ether oxygens (including phenoxy) is 2. The number of rotatable bonds is 8. The number of hydrogen-bond donors (Lipinski definition) is 0. The highest BCUT2D eigenvalue weighted by atomic mass is 79.9. The minimum Gasteiger partial charge on any atom is -0.359 e. The third kappa shape index (κ3) is 4.75. The van der Waals surface area contributed by atoms with Gasteiger partial charge in [0.1, 0.15) is 6.79 Å². The van der Waals surface area contributed by atoms with Crippen LogP contribution in [0.2, 0.25) is 0 Å². The van der Waals surface area contributed by atoms with Crippen LogP contribution in [0.5, 0.6) is 0 Å².